The fourth-order valence-electron chi connectivity index (χ4n) is 2.16. The molecule has 0 radical (unpaired) electrons. The Bertz CT molecular complexity index is 117. The molecule has 0 spiro atoms. The van der Waals surface area contributed by atoms with Gasteiger partial charge in [-0.05, 0) is 39.7 Å². The lowest BCUT2D eigenvalue weighted by molar-refractivity contribution is 0.104. The third-order valence-electron chi connectivity index (χ3n) is 2.93. The number of rotatable bonds is 3. The van der Waals surface area contributed by atoms with Crippen LogP contribution in [0.2, 0.25) is 0 Å². The van der Waals surface area contributed by atoms with E-state index in [1.807, 2.05) is 0 Å². The molecule has 0 bridgehead atoms. The van der Waals surface area contributed by atoms with Gasteiger partial charge in [-0.3, -0.25) is 4.90 Å². The fourth-order valence-corrected chi connectivity index (χ4v) is 2.50. The summed E-state index contributed by atoms with van der Waals surface area (Å²) in [6, 6.07) is 1.66. The van der Waals surface area contributed by atoms with Crippen molar-refractivity contribution in [2.75, 3.05) is 11.0 Å². The lowest BCUT2D eigenvalue weighted by Crippen LogP contribution is -2.44. The van der Waals surface area contributed by atoms with E-state index in [0.29, 0.717) is 0 Å². The van der Waals surface area contributed by atoms with Gasteiger partial charge in [-0.15, -0.1) is 0 Å². The molecule has 0 aromatic heterocycles. The van der Waals surface area contributed by atoms with E-state index in [-0.39, 0.29) is 0 Å². The zero-order valence-electron chi connectivity index (χ0n) is 8.22. The average Bonchev–Trinajstić information content (AvgIpc) is 2.04. The molecule has 2 heteroatoms. The minimum absolute atomic E-state index is 0.830. The summed E-state index contributed by atoms with van der Waals surface area (Å²) in [5, 5.41) is 0. The third kappa shape index (κ3) is 2.87. The van der Waals surface area contributed by atoms with Gasteiger partial charge in [-0.25, -0.2) is 0 Å². The molecule has 0 aliphatic carbocycles. The molecule has 0 saturated carbocycles. The summed E-state index contributed by atoms with van der Waals surface area (Å²) in [5.41, 5.74) is 0. The zero-order chi connectivity index (χ0) is 8.97. The van der Waals surface area contributed by atoms with Gasteiger partial charge in [-0.2, -0.15) is 0 Å². The molecule has 2 atom stereocenters. The van der Waals surface area contributed by atoms with Gasteiger partial charge in [0, 0.05) is 16.5 Å². The van der Waals surface area contributed by atoms with Gasteiger partial charge in [0.15, 0.2) is 0 Å². The normalized spacial score (nSPS) is 32.2. The SMILES string of the molecule is CC1CCCC(C)N1CCCI. The maximum Gasteiger partial charge on any atom is 0.00697 e. The largest absolute Gasteiger partial charge is 0.298 e. The minimum atomic E-state index is 0.830. The Balaban J connectivity index is 2.34. The van der Waals surface area contributed by atoms with E-state index >= 15 is 0 Å². The summed E-state index contributed by atoms with van der Waals surface area (Å²) < 4.78 is 1.30. The number of alkyl halides is 1. The molecular formula is C10H20IN. The second-order valence-electron chi connectivity index (χ2n) is 3.91. The van der Waals surface area contributed by atoms with Crippen LogP contribution in [0.5, 0.6) is 0 Å². The number of hydrogen-bond donors (Lipinski definition) is 0. The van der Waals surface area contributed by atoms with Crippen LogP contribution in [-0.2, 0) is 0 Å². The van der Waals surface area contributed by atoms with Crippen LogP contribution in [0.1, 0.15) is 39.5 Å². The standard InChI is InChI=1S/C10H20IN/c1-9-5-3-6-10(2)12(9)8-4-7-11/h9-10H,3-8H2,1-2H3. The van der Waals surface area contributed by atoms with E-state index < -0.39 is 0 Å². The first-order chi connectivity index (χ1) is 5.75. The van der Waals surface area contributed by atoms with Crippen LogP contribution in [-0.4, -0.2) is 28.0 Å². The highest BCUT2D eigenvalue weighted by Gasteiger charge is 2.23. The monoisotopic (exact) mass is 281 g/mol. The van der Waals surface area contributed by atoms with Gasteiger partial charge in [0.05, 0.1) is 0 Å². The molecule has 1 nitrogen and oxygen atoms in total. The number of nitrogens with zero attached hydrogens (tertiary/aromatic N) is 1. The zero-order valence-corrected chi connectivity index (χ0v) is 10.4. The van der Waals surface area contributed by atoms with E-state index in [1.165, 1.54) is 36.7 Å². The topological polar surface area (TPSA) is 3.24 Å². The highest BCUT2D eigenvalue weighted by Crippen LogP contribution is 2.22. The van der Waals surface area contributed by atoms with Crippen molar-refractivity contribution < 1.29 is 0 Å². The Kier molecular flexibility index (Phi) is 4.87. The average molecular weight is 281 g/mol. The van der Waals surface area contributed by atoms with Gasteiger partial charge in [0.25, 0.3) is 0 Å². The maximum atomic E-state index is 2.68. The van der Waals surface area contributed by atoms with Crippen molar-refractivity contribution in [3.63, 3.8) is 0 Å². The second-order valence-corrected chi connectivity index (χ2v) is 4.99. The number of halogens is 1. The minimum Gasteiger partial charge on any atom is -0.298 e. The number of likely N-dealkylation sites (tertiary alicyclic amines) is 1. The van der Waals surface area contributed by atoms with Crippen molar-refractivity contribution in [3.05, 3.63) is 0 Å². The van der Waals surface area contributed by atoms with Gasteiger partial charge >= 0.3 is 0 Å². The Hall–Kier alpha value is 0.690. The van der Waals surface area contributed by atoms with Crippen molar-refractivity contribution in [2.45, 2.75) is 51.6 Å². The molecule has 0 N–H and O–H groups in total. The highest BCUT2D eigenvalue weighted by molar-refractivity contribution is 14.1. The van der Waals surface area contributed by atoms with E-state index in [9.17, 15) is 0 Å². The van der Waals surface area contributed by atoms with Crippen LogP contribution in [0.25, 0.3) is 0 Å². The van der Waals surface area contributed by atoms with Crippen LogP contribution >= 0.6 is 22.6 Å². The Morgan fingerprint density at radius 1 is 1.25 bits per heavy atom. The first-order valence-electron chi connectivity index (χ1n) is 5.07. The van der Waals surface area contributed by atoms with Crippen molar-refractivity contribution in [1.82, 2.24) is 4.90 Å². The number of hydrogen-bond acceptors (Lipinski definition) is 1. The van der Waals surface area contributed by atoms with Crippen LogP contribution in [0.15, 0.2) is 0 Å². The van der Waals surface area contributed by atoms with Gasteiger partial charge < -0.3 is 0 Å². The smallest absolute Gasteiger partial charge is 0.00697 e. The Morgan fingerprint density at radius 3 is 2.33 bits per heavy atom. The molecule has 1 heterocycles. The molecule has 1 aliphatic heterocycles. The predicted molar refractivity (Wildman–Crippen MR) is 63.0 cm³/mol. The summed E-state index contributed by atoms with van der Waals surface area (Å²) in [6.07, 6.45) is 5.61. The van der Waals surface area contributed by atoms with Crippen molar-refractivity contribution in [2.24, 2.45) is 0 Å². The number of piperidine rings is 1. The summed E-state index contributed by atoms with van der Waals surface area (Å²) in [7, 11) is 0. The van der Waals surface area contributed by atoms with Crippen LogP contribution in [0, 0.1) is 0 Å². The summed E-state index contributed by atoms with van der Waals surface area (Å²) in [5.74, 6) is 0. The maximum absolute atomic E-state index is 2.68. The van der Waals surface area contributed by atoms with E-state index in [2.05, 4.69) is 41.3 Å². The van der Waals surface area contributed by atoms with Crippen LogP contribution < -0.4 is 0 Å². The lowest BCUT2D eigenvalue weighted by Gasteiger charge is -2.38. The molecule has 1 rings (SSSR count). The molecular weight excluding hydrogens is 261 g/mol. The van der Waals surface area contributed by atoms with E-state index in [1.54, 1.807) is 0 Å². The van der Waals surface area contributed by atoms with Gasteiger partial charge in [0.2, 0.25) is 0 Å². The Morgan fingerprint density at radius 2 is 1.83 bits per heavy atom. The predicted octanol–water partition coefficient (Wildman–Crippen LogP) is 3.07. The Labute approximate surface area is 90.0 Å². The second kappa shape index (κ2) is 5.43. The first-order valence-corrected chi connectivity index (χ1v) is 6.60. The quantitative estimate of drug-likeness (QED) is 0.567. The lowest BCUT2D eigenvalue weighted by atomic mass is 9.97. The molecule has 0 aromatic rings. The van der Waals surface area contributed by atoms with Crippen molar-refractivity contribution >= 4 is 22.6 Å². The summed E-state index contributed by atoms with van der Waals surface area (Å²) >= 11 is 2.47. The van der Waals surface area contributed by atoms with Crippen LogP contribution in [0.4, 0.5) is 0 Å². The molecule has 1 aliphatic rings. The molecule has 1 saturated heterocycles. The van der Waals surface area contributed by atoms with Crippen LogP contribution in [0.3, 0.4) is 0 Å². The third-order valence-corrected chi connectivity index (χ3v) is 3.69. The first kappa shape index (κ1) is 10.8. The summed E-state index contributed by atoms with van der Waals surface area (Å²) in [4.78, 5) is 2.68. The van der Waals surface area contributed by atoms with Gasteiger partial charge in [-0.1, -0.05) is 29.0 Å². The fraction of sp³-hybridized carbons (Fsp3) is 1.00. The highest BCUT2D eigenvalue weighted by atomic mass is 127. The molecule has 1 fully saturated rings. The van der Waals surface area contributed by atoms with Crippen molar-refractivity contribution in [3.8, 4) is 0 Å². The van der Waals surface area contributed by atoms with Crippen molar-refractivity contribution in [1.29, 1.82) is 0 Å². The molecule has 2 unspecified atom stereocenters. The molecule has 12 heavy (non-hydrogen) atoms. The molecule has 0 aromatic carbocycles. The molecule has 0 amide bonds. The molecule has 72 valence electrons. The van der Waals surface area contributed by atoms with E-state index in [4.69, 9.17) is 0 Å². The summed E-state index contributed by atoms with van der Waals surface area (Å²) in [6.45, 7) is 6.07. The van der Waals surface area contributed by atoms with Gasteiger partial charge in [0.1, 0.15) is 0 Å². The van der Waals surface area contributed by atoms with E-state index in [0.717, 1.165) is 12.1 Å².